The molecule has 1 aliphatic rings. The maximum absolute atomic E-state index is 12.2. The third kappa shape index (κ3) is 3.31. The van der Waals surface area contributed by atoms with Gasteiger partial charge in [0, 0.05) is 23.8 Å². The minimum atomic E-state index is 0.0671. The van der Waals surface area contributed by atoms with Crippen molar-refractivity contribution < 1.29 is 4.79 Å². The lowest BCUT2D eigenvalue weighted by Gasteiger charge is -2.31. The lowest BCUT2D eigenvalue weighted by Crippen LogP contribution is -2.38. The van der Waals surface area contributed by atoms with Gasteiger partial charge in [-0.1, -0.05) is 19.8 Å². The molecule has 0 atom stereocenters. The number of hydrogen-bond acceptors (Lipinski definition) is 2. The second kappa shape index (κ2) is 6.32. The normalized spacial score (nSPS) is 16.9. The first kappa shape index (κ1) is 13.5. The quantitative estimate of drug-likeness (QED) is 0.856. The fraction of sp³-hybridized carbons (Fsp3) is 0.571. The molecule has 2 rings (SSSR count). The van der Waals surface area contributed by atoms with Crippen molar-refractivity contribution in [3.63, 3.8) is 0 Å². The smallest absolute Gasteiger partial charge is 0.272 e. The Morgan fingerprint density at radius 3 is 2.72 bits per heavy atom. The molecule has 0 aliphatic carbocycles. The van der Waals surface area contributed by atoms with Crippen LogP contribution in [-0.2, 0) is 0 Å². The number of aromatic nitrogens is 1. The number of carbonyl (C=O) groups excluding carboxylic acids is 1. The number of rotatable bonds is 3. The Hall–Kier alpha value is -0.900. The van der Waals surface area contributed by atoms with E-state index < -0.39 is 0 Å². The number of hydrogen-bond donors (Lipinski definition) is 0. The first-order valence-corrected chi connectivity index (χ1v) is 7.41. The molecule has 3 nitrogen and oxygen atoms in total. The molecule has 1 aromatic rings. The predicted molar refractivity (Wildman–Crippen MR) is 75.5 cm³/mol. The van der Waals surface area contributed by atoms with Gasteiger partial charge >= 0.3 is 0 Å². The van der Waals surface area contributed by atoms with Crippen molar-refractivity contribution in [2.45, 2.75) is 32.6 Å². The molecule has 0 radical (unpaired) electrons. The van der Waals surface area contributed by atoms with Gasteiger partial charge in [-0.25, -0.2) is 4.98 Å². The van der Waals surface area contributed by atoms with Crippen LogP contribution in [0.4, 0.5) is 0 Å². The lowest BCUT2D eigenvalue weighted by atomic mass is 9.92. The zero-order valence-electron chi connectivity index (χ0n) is 10.7. The maximum Gasteiger partial charge on any atom is 0.272 e. The molecular formula is C14H19BrN2O. The molecule has 18 heavy (non-hydrogen) atoms. The highest BCUT2D eigenvalue weighted by atomic mass is 79.9. The van der Waals surface area contributed by atoms with E-state index in [0.717, 1.165) is 36.3 Å². The number of carbonyl (C=O) groups is 1. The Morgan fingerprint density at radius 1 is 1.44 bits per heavy atom. The van der Waals surface area contributed by atoms with Gasteiger partial charge in [-0.05, 0) is 46.8 Å². The van der Waals surface area contributed by atoms with E-state index in [4.69, 9.17) is 0 Å². The van der Waals surface area contributed by atoms with Crippen molar-refractivity contribution >= 4 is 21.8 Å². The van der Waals surface area contributed by atoms with Crippen molar-refractivity contribution in [2.75, 3.05) is 13.1 Å². The van der Waals surface area contributed by atoms with Crippen molar-refractivity contribution in [1.29, 1.82) is 0 Å². The van der Waals surface area contributed by atoms with Crippen LogP contribution >= 0.6 is 15.9 Å². The molecular weight excluding hydrogens is 292 g/mol. The molecule has 4 heteroatoms. The van der Waals surface area contributed by atoms with Crippen molar-refractivity contribution in [2.24, 2.45) is 5.92 Å². The lowest BCUT2D eigenvalue weighted by molar-refractivity contribution is 0.0680. The number of pyridine rings is 1. The van der Waals surface area contributed by atoms with Gasteiger partial charge in [0.15, 0.2) is 0 Å². The van der Waals surface area contributed by atoms with E-state index in [1.165, 1.54) is 12.8 Å². The molecule has 1 fully saturated rings. The van der Waals surface area contributed by atoms with E-state index in [1.807, 2.05) is 11.0 Å². The van der Waals surface area contributed by atoms with E-state index in [9.17, 15) is 4.79 Å². The van der Waals surface area contributed by atoms with E-state index in [2.05, 4.69) is 27.8 Å². The van der Waals surface area contributed by atoms with Crippen LogP contribution in [0.25, 0.3) is 0 Å². The van der Waals surface area contributed by atoms with E-state index >= 15 is 0 Å². The molecule has 1 aliphatic heterocycles. The first-order chi connectivity index (χ1) is 8.70. The summed E-state index contributed by atoms with van der Waals surface area (Å²) >= 11 is 3.33. The molecule has 98 valence electrons. The first-order valence-electron chi connectivity index (χ1n) is 6.61. The number of nitrogens with zero attached hydrogens (tertiary/aromatic N) is 2. The number of halogens is 1. The second-order valence-electron chi connectivity index (χ2n) is 4.89. The molecule has 2 heterocycles. The Balaban J connectivity index is 1.93. The average molecular weight is 311 g/mol. The van der Waals surface area contributed by atoms with Gasteiger partial charge in [-0.15, -0.1) is 0 Å². The minimum absolute atomic E-state index is 0.0671. The molecule has 0 aromatic carbocycles. The maximum atomic E-state index is 12.2. The predicted octanol–water partition coefficient (Wildman–Crippen LogP) is 3.50. The number of amides is 1. The van der Waals surface area contributed by atoms with Crippen LogP contribution in [0.2, 0.25) is 0 Å². The fourth-order valence-electron chi connectivity index (χ4n) is 2.50. The second-order valence-corrected chi connectivity index (χ2v) is 5.80. The Labute approximate surface area is 117 Å². The standard InChI is InChI=1S/C14H19BrN2O/c1-2-3-11-6-8-17(9-7-11)14(18)13-5-4-12(15)10-16-13/h4-5,10-11H,2-3,6-9H2,1H3. The van der Waals surface area contributed by atoms with Gasteiger partial charge in [-0.3, -0.25) is 4.79 Å². The molecule has 0 bridgehead atoms. The van der Waals surface area contributed by atoms with E-state index in [1.54, 1.807) is 12.3 Å². The molecule has 0 saturated carbocycles. The summed E-state index contributed by atoms with van der Waals surface area (Å²) in [5.74, 6) is 0.870. The molecule has 0 spiro atoms. The fourth-order valence-corrected chi connectivity index (χ4v) is 2.73. The SMILES string of the molecule is CCCC1CCN(C(=O)c2ccc(Br)cn2)CC1. The summed E-state index contributed by atoms with van der Waals surface area (Å²) in [6.45, 7) is 3.98. The molecule has 0 N–H and O–H groups in total. The van der Waals surface area contributed by atoms with Gasteiger partial charge in [0.25, 0.3) is 5.91 Å². The van der Waals surface area contributed by atoms with Crippen LogP contribution in [0.3, 0.4) is 0 Å². The molecule has 1 aromatic heterocycles. The van der Waals surface area contributed by atoms with Gasteiger partial charge in [0.1, 0.15) is 5.69 Å². The highest BCUT2D eigenvalue weighted by molar-refractivity contribution is 9.10. The van der Waals surface area contributed by atoms with Crippen molar-refractivity contribution in [1.82, 2.24) is 9.88 Å². The Morgan fingerprint density at radius 2 is 2.17 bits per heavy atom. The van der Waals surface area contributed by atoms with Gasteiger partial charge in [0.05, 0.1) is 0 Å². The molecule has 0 unspecified atom stereocenters. The largest absolute Gasteiger partial charge is 0.337 e. The van der Waals surface area contributed by atoms with E-state index in [0.29, 0.717) is 5.69 Å². The van der Waals surface area contributed by atoms with Gasteiger partial charge < -0.3 is 4.90 Å². The topological polar surface area (TPSA) is 33.2 Å². The summed E-state index contributed by atoms with van der Waals surface area (Å²) in [4.78, 5) is 18.3. The summed E-state index contributed by atoms with van der Waals surface area (Å²) in [5.41, 5.74) is 0.548. The summed E-state index contributed by atoms with van der Waals surface area (Å²) in [7, 11) is 0. The number of likely N-dealkylation sites (tertiary alicyclic amines) is 1. The Kier molecular flexibility index (Phi) is 4.75. The van der Waals surface area contributed by atoms with Gasteiger partial charge in [0.2, 0.25) is 0 Å². The summed E-state index contributed by atoms with van der Waals surface area (Å²) in [6, 6.07) is 3.65. The van der Waals surface area contributed by atoms with Crippen molar-refractivity contribution in [3.8, 4) is 0 Å². The highest BCUT2D eigenvalue weighted by Gasteiger charge is 2.23. The molecule has 1 amide bonds. The van der Waals surface area contributed by atoms with Crippen LogP contribution < -0.4 is 0 Å². The van der Waals surface area contributed by atoms with Gasteiger partial charge in [-0.2, -0.15) is 0 Å². The highest BCUT2D eigenvalue weighted by Crippen LogP contribution is 2.22. The van der Waals surface area contributed by atoms with Crippen LogP contribution in [0, 0.1) is 5.92 Å². The van der Waals surface area contributed by atoms with Crippen LogP contribution in [0.15, 0.2) is 22.8 Å². The third-order valence-electron chi connectivity index (χ3n) is 3.55. The zero-order valence-corrected chi connectivity index (χ0v) is 12.3. The molecule has 1 saturated heterocycles. The summed E-state index contributed by atoms with van der Waals surface area (Å²) in [6.07, 6.45) is 6.48. The van der Waals surface area contributed by atoms with E-state index in [-0.39, 0.29) is 5.91 Å². The van der Waals surface area contributed by atoms with Crippen LogP contribution in [-0.4, -0.2) is 28.9 Å². The summed E-state index contributed by atoms with van der Waals surface area (Å²) in [5, 5.41) is 0. The Bertz CT molecular complexity index is 397. The third-order valence-corrected chi connectivity index (χ3v) is 4.01. The zero-order chi connectivity index (χ0) is 13.0. The number of piperidine rings is 1. The van der Waals surface area contributed by atoms with Crippen LogP contribution in [0.1, 0.15) is 43.1 Å². The summed E-state index contributed by atoms with van der Waals surface area (Å²) < 4.78 is 0.903. The average Bonchev–Trinajstić information content (AvgIpc) is 2.40. The monoisotopic (exact) mass is 310 g/mol. The van der Waals surface area contributed by atoms with Crippen molar-refractivity contribution in [3.05, 3.63) is 28.5 Å². The minimum Gasteiger partial charge on any atom is -0.337 e. The van der Waals surface area contributed by atoms with Crippen LogP contribution in [0.5, 0.6) is 0 Å².